The van der Waals surface area contributed by atoms with Crippen molar-refractivity contribution >= 4 is 11.5 Å². The molecular weight excluding hydrogens is 256 g/mol. The van der Waals surface area contributed by atoms with Crippen LogP contribution in [0.2, 0.25) is 0 Å². The summed E-state index contributed by atoms with van der Waals surface area (Å²) < 4.78 is 7.26. The van der Waals surface area contributed by atoms with E-state index in [0.717, 1.165) is 17.7 Å². The summed E-state index contributed by atoms with van der Waals surface area (Å²) in [6, 6.07) is 0. The average Bonchev–Trinajstić information content (AvgIpc) is 2.74. The van der Waals surface area contributed by atoms with Gasteiger partial charge in [-0.25, -0.2) is 4.98 Å². The summed E-state index contributed by atoms with van der Waals surface area (Å²) in [4.78, 5) is 8.18. The van der Waals surface area contributed by atoms with E-state index in [4.69, 9.17) is 10.5 Å². The molecule has 2 aromatic heterocycles. The van der Waals surface area contributed by atoms with Gasteiger partial charge < -0.3 is 15.8 Å². The standard InChI is InChI=1S/C13H20N6O/c1-4-5-20-13-11(14)12(16-8-17-13)15-6-10-7-19(3)18-9(10)2/h7-8H,4-6,14H2,1-3H3,(H,15,16,17). The first kappa shape index (κ1) is 14.1. The van der Waals surface area contributed by atoms with Crippen molar-refractivity contribution in [1.82, 2.24) is 19.7 Å². The highest BCUT2D eigenvalue weighted by Crippen LogP contribution is 2.25. The minimum Gasteiger partial charge on any atom is -0.476 e. The molecule has 7 heteroatoms. The third kappa shape index (κ3) is 3.17. The number of hydrogen-bond acceptors (Lipinski definition) is 6. The second kappa shape index (κ2) is 6.23. The first-order valence-corrected chi connectivity index (χ1v) is 6.58. The molecule has 0 saturated heterocycles. The van der Waals surface area contributed by atoms with Gasteiger partial charge in [0.25, 0.3) is 0 Å². The van der Waals surface area contributed by atoms with E-state index in [1.54, 1.807) is 4.68 Å². The summed E-state index contributed by atoms with van der Waals surface area (Å²) in [5.74, 6) is 1.00. The summed E-state index contributed by atoms with van der Waals surface area (Å²) in [6.45, 7) is 5.19. The van der Waals surface area contributed by atoms with E-state index < -0.39 is 0 Å². The molecule has 0 unspecified atom stereocenters. The van der Waals surface area contributed by atoms with Crippen LogP contribution in [0.3, 0.4) is 0 Å². The van der Waals surface area contributed by atoms with Crippen LogP contribution in [-0.4, -0.2) is 26.4 Å². The first-order valence-electron chi connectivity index (χ1n) is 6.58. The number of anilines is 2. The number of aromatic nitrogens is 4. The van der Waals surface area contributed by atoms with Gasteiger partial charge >= 0.3 is 0 Å². The number of ether oxygens (including phenoxy) is 1. The van der Waals surface area contributed by atoms with Crippen LogP contribution in [0.1, 0.15) is 24.6 Å². The molecule has 0 spiro atoms. The Kier molecular flexibility index (Phi) is 4.39. The fourth-order valence-corrected chi connectivity index (χ4v) is 1.84. The topological polar surface area (TPSA) is 90.9 Å². The Morgan fingerprint density at radius 1 is 1.40 bits per heavy atom. The lowest BCUT2D eigenvalue weighted by atomic mass is 10.2. The molecule has 0 aromatic carbocycles. The lowest BCUT2D eigenvalue weighted by Crippen LogP contribution is -2.08. The van der Waals surface area contributed by atoms with Gasteiger partial charge in [0, 0.05) is 25.4 Å². The molecule has 7 nitrogen and oxygen atoms in total. The van der Waals surface area contributed by atoms with Crippen LogP contribution < -0.4 is 15.8 Å². The van der Waals surface area contributed by atoms with E-state index in [9.17, 15) is 0 Å². The van der Waals surface area contributed by atoms with Crippen molar-refractivity contribution in [1.29, 1.82) is 0 Å². The van der Waals surface area contributed by atoms with E-state index >= 15 is 0 Å². The van der Waals surface area contributed by atoms with Crippen molar-refractivity contribution in [2.75, 3.05) is 17.7 Å². The van der Waals surface area contributed by atoms with Gasteiger partial charge in [-0.3, -0.25) is 4.68 Å². The summed E-state index contributed by atoms with van der Waals surface area (Å²) in [5.41, 5.74) is 8.51. The highest BCUT2D eigenvalue weighted by Gasteiger charge is 2.10. The van der Waals surface area contributed by atoms with E-state index in [1.165, 1.54) is 6.33 Å². The number of nitrogens with one attached hydrogen (secondary N) is 1. The summed E-state index contributed by atoms with van der Waals surface area (Å²) in [7, 11) is 1.90. The zero-order valence-electron chi connectivity index (χ0n) is 12.1. The van der Waals surface area contributed by atoms with Crippen molar-refractivity contribution in [3.63, 3.8) is 0 Å². The highest BCUT2D eigenvalue weighted by molar-refractivity contribution is 5.66. The summed E-state index contributed by atoms with van der Waals surface area (Å²) in [5, 5.41) is 7.48. The average molecular weight is 276 g/mol. The van der Waals surface area contributed by atoms with Crippen LogP contribution in [0.25, 0.3) is 0 Å². The van der Waals surface area contributed by atoms with Crippen LogP contribution in [-0.2, 0) is 13.6 Å². The van der Waals surface area contributed by atoms with Gasteiger partial charge in [-0.2, -0.15) is 10.1 Å². The highest BCUT2D eigenvalue weighted by atomic mass is 16.5. The molecule has 0 atom stereocenters. The maximum absolute atomic E-state index is 6.00. The number of nitrogens with zero attached hydrogens (tertiary/aromatic N) is 4. The lowest BCUT2D eigenvalue weighted by molar-refractivity contribution is 0.306. The Hall–Kier alpha value is -2.31. The maximum atomic E-state index is 6.00. The van der Waals surface area contributed by atoms with Crippen LogP contribution in [0, 0.1) is 6.92 Å². The van der Waals surface area contributed by atoms with Crippen molar-refractivity contribution in [3.05, 3.63) is 23.8 Å². The van der Waals surface area contributed by atoms with E-state index in [0.29, 0.717) is 30.5 Å². The molecule has 0 radical (unpaired) electrons. The molecule has 2 rings (SSSR count). The van der Waals surface area contributed by atoms with Gasteiger partial charge in [-0.05, 0) is 13.3 Å². The molecular formula is C13H20N6O. The van der Waals surface area contributed by atoms with Gasteiger partial charge in [0.1, 0.15) is 12.0 Å². The van der Waals surface area contributed by atoms with Crippen molar-refractivity contribution in [2.24, 2.45) is 7.05 Å². The number of rotatable bonds is 6. The molecule has 0 saturated carbocycles. The molecule has 0 bridgehead atoms. The van der Waals surface area contributed by atoms with Crippen molar-refractivity contribution < 1.29 is 4.74 Å². The second-order valence-electron chi connectivity index (χ2n) is 4.56. The second-order valence-corrected chi connectivity index (χ2v) is 4.56. The van der Waals surface area contributed by atoms with E-state index in [-0.39, 0.29) is 0 Å². The van der Waals surface area contributed by atoms with Crippen LogP contribution in [0.4, 0.5) is 11.5 Å². The van der Waals surface area contributed by atoms with Crippen LogP contribution >= 0.6 is 0 Å². The predicted molar refractivity (Wildman–Crippen MR) is 77.5 cm³/mol. The van der Waals surface area contributed by atoms with E-state index in [2.05, 4.69) is 20.4 Å². The zero-order valence-corrected chi connectivity index (χ0v) is 12.1. The Morgan fingerprint density at radius 3 is 2.85 bits per heavy atom. The smallest absolute Gasteiger partial charge is 0.242 e. The molecule has 0 aliphatic rings. The van der Waals surface area contributed by atoms with Crippen molar-refractivity contribution in [3.8, 4) is 5.88 Å². The Balaban J connectivity index is 2.07. The minimum atomic E-state index is 0.423. The van der Waals surface area contributed by atoms with Gasteiger partial charge in [0.2, 0.25) is 5.88 Å². The van der Waals surface area contributed by atoms with Crippen LogP contribution in [0.15, 0.2) is 12.5 Å². The number of hydrogen-bond donors (Lipinski definition) is 2. The monoisotopic (exact) mass is 276 g/mol. The third-order valence-electron chi connectivity index (χ3n) is 2.85. The normalized spacial score (nSPS) is 10.6. The Bertz CT molecular complexity index is 580. The molecule has 0 aliphatic heterocycles. The number of nitrogens with two attached hydrogens (primary N) is 1. The number of aryl methyl sites for hydroxylation is 2. The Labute approximate surface area is 118 Å². The van der Waals surface area contributed by atoms with Gasteiger partial charge in [-0.15, -0.1) is 0 Å². The quantitative estimate of drug-likeness (QED) is 0.831. The number of nitrogen functional groups attached to an aromatic ring is 1. The van der Waals surface area contributed by atoms with Crippen LogP contribution in [0.5, 0.6) is 5.88 Å². The third-order valence-corrected chi connectivity index (χ3v) is 2.85. The summed E-state index contributed by atoms with van der Waals surface area (Å²) in [6.07, 6.45) is 4.31. The molecule has 20 heavy (non-hydrogen) atoms. The molecule has 0 aliphatic carbocycles. The molecule has 0 fully saturated rings. The van der Waals surface area contributed by atoms with Gasteiger partial charge in [0.05, 0.1) is 12.3 Å². The Morgan fingerprint density at radius 2 is 2.20 bits per heavy atom. The fraction of sp³-hybridized carbons (Fsp3) is 0.462. The molecule has 3 N–H and O–H groups in total. The van der Waals surface area contributed by atoms with Crippen molar-refractivity contribution in [2.45, 2.75) is 26.8 Å². The molecule has 2 aromatic rings. The molecule has 108 valence electrons. The van der Waals surface area contributed by atoms with Gasteiger partial charge in [0.15, 0.2) is 5.82 Å². The zero-order chi connectivity index (χ0) is 14.5. The lowest BCUT2D eigenvalue weighted by Gasteiger charge is -2.11. The fourth-order valence-electron chi connectivity index (χ4n) is 1.84. The molecule has 0 amide bonds. The minimum absolute atomic E-state index is 0.423. The SMILES string of the molecule is CCCOc1ncnc(NCc2cn(C)nc2C)c1N. The maximum Gasteiger partial charge on any atom is 0.242 e. The predicted octanol–water partition coefficient (Wildman–Crippen LogP) is 1.50. The molecule has 2 heterocycles. The van der Waals surface area contributed by atoms with Gasteiger partial charge in [-0.1, -0.05) is 6.92 Å². The first-order chi connectivity index (χ1) is 9.61. The summed E-state index contributed by atoms with van der Waals surface area (Å²) >= 11 is 0. The van der Waals surface area contributed by atoms with E-state index in [1.807, 2.05) is 27.1 Å². The largest absolute Gasteiger partial charge is 0.476 e.